The summed E-state index contributed by atoms with van der Waals surface area (Å²) >= 11 is 7.65. The van der Waals surface area contributed by atoms with Crippen molar-refractivity contribution in [1.82, 2.24) is 4.40 Å². The molecule has 0 bridgehead atoms. The highest BCUT2D eigenvalue weighted by molar-refractivity contribution is 7.14. The maximum Gasteiger partial charge on any atom is 0.346 e. The molecule has 3 aromatic rings. The van der Waals surface area contributed by atoms with Crippen LogP contribution in [0.3, 0.4) is 0 Å². The first-order valence-corrected chi connectivity index (χ1v) is 6.69. The molecule has 1 aromatic carbocycles. The zero-order valence-corrected chi connectivity index (χ0v) is 12.1. The van der Waals surface area contributed by atoms with Gasteiger partial charge in [-0.25, -0.2) is 4.57 Å². The van der Waals surface area contributed by atoms with Gasteiger partial charge in [-0.2, -0.15) is 4.40 Å². The monoisotopic (exact) mass is 298 g/mol. The van der Waals surface area contributed by atoms with Crippen molar-refractivity contribution in [3.8, 4) is 0 Å². The first kappa shape index (κ1) is 13.4. The summed E-state index contributed by atoms with van der Waals surface area (Å²) in [5, 5.41) is 2.96. The zero-order valence-electron chi connectivity index (χ0n) is 9.81. The second-order valence-corrected chi connectivity index (χ2v) is 5.36. The van der Waals surface area contributed by atoms with E-state index in [0.29, 0.717) is 0 Å². The molecule has 0 aliphatic rings. The van der Waals surface area contributed by atoms with E-state index in [4.69, 9.17) is 11.6 Å². The van der Waals surface area contributed by atoms with E-state index in [1.807, 2.05) is 12.1 Å². The fourth-order valence-corrected chi connectivity index (χ4v) is 3.00. The van der Waals surface area contributed by atoms with Gasteiger partial charge in [0.05, 0.1) is 0 Å². The second-order valence-electron chi connectivity index (χ2n) is 4.08. The average molecular weight is 299 g/mol. The van der Waals surface area contributed by atoms with Crippen LogP contribution in [0.4, 0.5) is 0 Å². The number of aromatic nitrogens is 2. The first-order chi connectivity index (χ1) is 8.24. The Balaban J connectivity index is 0.00000120. The Morgan fingerprint density at radius 3 is 2.72 bits per heavy atom. The molecule has 0 saturated heterocycles. The van der Waals surface area contributed by atoms with Crippen LogP contribution >= 0.6 is 22.9 Å². The quantitative estimate of drug-likeness (QED) is 0.602. The molecule has 0 saturated carbocycles. The molecular formula is C13H12Cl2N2S. The third kappa shape index (κ3) is 2.39. The van der Waals surface area contributed by atoms with Crippen molar-refractivity contribution < 1.29 is 17.0 Å². The highest BCUT2D eigenvalue weighted by Crippen LogP contribution is 2.14. The lowest BCUT2D eigenvalue weighted by Gasteiger charge is -1.97. The van der Waals surface area contributed by atoms with Gasteiger partial charge in [0, 0.05) is 10.4 Å². The number of nitrogens with zero attached hydrogens (tertiary/aromatic N) is 2. The number of hydrogen-bond acceptors (Lipinski definition) is 1. The molecule has 2 nitrogen and oxygen atoms in total. The van der Waals surface area contributed by atoms with Crippen molar-refractivity contribution in [2.45, 2.75) is 13.5 Å². The molecule has 0 atom stereocenters. The van der Waals surface area contributed by atoms with E-state index >= 15 is 0 Å². The van der Waals surface area contributed by atoms with Crippen molar-refractivity contribution in [1.29, 1.82) is 0 Å². The van der Waals surface area contributed by atoms with Crippen LogP contribution in [-0.4, -0.2) is 4.40 Å². The summed E-state index contributed by atoms with van der Waals surface area (Å²) < 4.78 is 4.46. The number of hydrogen-bond donors (Lipinski definition) is 0. The summed E-state index contributed by atoms with van der Waals surface area (Å²) in [5.41, 5.74) is 2.54. The van der Waals surface area contributed by atoms with Crippen LogP contribution in [0, 0.1) is 6.92 Å². The Morgan fingerprint density at radius 2 is 2.00 bits per heavy atom. The number of thiazole rings is 1. The normalized spacial score (nSPS) is 10.6. The summed E-state index contributed by atoms with van der Waals surface area (Å²) in [6, 6.07) is 8.01. The molecule has 0 aliphatic heterocycles. The van der Waals surface area contributed by atoms with Crippen LogP contribution in [0.2, 0.25) is 5.02 Å². The van der Waals surface area contributed by atoms with Gasteiger partial charge in [-0.15, -0.1) is 0 Å². The van der Waals surface area contributed by atoms with E-state index in [1.165, 1.54) is 16.2 Å². The minimum Gasteiger partial charge on any atom is -1.00 e. The van der Waals surface area contributed by atoms with Gasteiger partial charge in [-0.1, -0.05) is 35.1 Å². The molecular weight excluding hydrogens is 287 g/mol. The average Bonchev–Trinajstić information content (AvgIpc) is 2.87. The predicted molar refractivity (Wildman–Crippen MR) is 70.8 cm³/mol. The Morgan fingerprint density at radius 1 is 1.28 bits per heavy atom. The highest BCUT2D eigenvalue weighted by Gasteiger charge is 2.13. The van der Waals surface area contributed by atoms with Crippen molar-refractivity contribution in [2.75, 3.05) is 0 Å². The van der Waals surface area contributed by atoms with E-state index in [-0.39, 0.29) is 12.4 Å². The molecule has 5 heteroatoms. The molecule has 0 fully saturated rings. The maximum atomic E-state index is 5.88. The van der Waals surface area contributed by atoms with Crippen LogP contribution in [-0.2, 0) is 6.54 Å². The van der Waals surface area contributed by atoms with Gasteiger partial charge < -0.3 is 12.4 Å². The van der Waals surface area contributed by atoms with E-state index in [9.17, 15) is 0 Å². The molecule has 2 aromatic heterocycles. The Labute approximate surface area is 121 Å². The Kier molecular flexibility index (Phi) is 3.95. The summed E-state index contributed by atoms with van der Waals surface area (Å²) in [6.07, 6.45) is 4.23. The number of fused-ring (bicyclic) bond motifs is 1. The zero-order chi connectivity index (χ0) is 11.8. The van der Waals surface area contributed by atoms with Gasteiger partial charge in [-0.3, -0.25) is 0 Å². The van der Waals surface area contributed by atoms with Crippen molar-refractivity contribution >= 4 is 27.9 Å². The largest absolute Gasteiger partial charge is 1.00 e. The topological polar surface area (TPSA) is 8.29 Å². The van der Waals surface area contributed by atoms with Crippen LogP contribution < -0.4 is 17.0 Å². The standard InChI is InChI=1S/C13H12ClN2S.ClH/c1-10-9-17-13-15(6-7-16(10)13)8-11-2-4-12(14)5-3-11;/h2-7,9H,8H2,1H3;1H/q+1;/p-1. The molecule has 0 radical (unpaired) electrons. The van der Waals surface area contributed by atoms with Crippen LogP contribution in [0.1, 0.15) is 11.3 Å². The fraction of sp³-hybridized carbons (Fsp3) is 0.154. The molecule has 0 amide bonds. The summed E-state index contributed by atoms with van der Waals surface area (Å²) in [7, 11) is 0. The minimum atomic E-state index is 0. The molecule has 18 heavy (non-hydrogen) atoms. The third-order valence-electron chi connectivity index (χ3n) is 2.83. The summed E-state index contributed by atoms with van der Waals surface area (Å²) in [6.45, 7) is 3.00. The van der Waals surface area contributed by atoms with Crippen molar-refractivity contribution in [3.63, 3.8) is 0 Å². The smallest absolute Gasteiger partial charge is 0.346 e. The van der Waals surface area contributed by atoms with Gasteiger partial charge in [0.1, 0.15) is 24.6 Å². The molecule has 94 valence electrons. The highest BCUT2D eigenvalue weighted by atomic mass is 35.5. The van der Waals surface area contributed by atoms with E-state index in [0.717, 1.165) is 11.6 Å². The number of benzene rings is 1. The lowest BCUT2D eigenvalue weighted by Crippen LogP contribution is -3.00. The van der Waals surface area contributed by atoms with Crippen molar-refractivity contribution in [3.05, 3.63) is 58.3 Å². The van der Waals surface area contributed by atoms with Gasteiger partial charge in [0.25, 0.3) is 0 Å². The number of imidazole rings is 1. The SMILES string of the molecule is Cc1csc2n1cc[n+]2Cc1ccc(Cl)cc1.[Cl-]. The lowest BCUT2D eigenvalue weighted by atomic mass is 10.2. The third-order valence-corrected chi connectivity index (χ3v) is 4.18. The summed E-state index contributed by atoms with van der Waals surface area (Å²) in [4.78, 5) is 1.26. The van der Waals surface area contributed by atoms with Gasteiger partial charge in [0.2, 0.25) is 0 Å². The predicted octanol–water partition coefficient (Wildman–Crippen LogP) is 0.302. The van der Waals surface area contributed by atoms with Gasteiger partial charge >= 0.3 is 4.96 Å². The van der Waals surface area contributed by atoms with Crippen LogP contribution in [0.5, 0.6) is 0 Å². The number of rotatable bonds is 2. The number of aryl methyl sites for hydroxylation is 1. The minimum absolute atomic E-state index is 0. The first-order valence-electron chi connectivity index (χ1n) is 5.43. The maximum absolute atomic E-state index is 5.88. The summed E-state index contributed by atoms with van der Waals surface area (Å²) in [5.74, 6) is 0. The van der Waals surface area contributed by atoms with Gasteiger partial charge in [0.15, 0.2) is 0 Å². The van der Waals surface area contributed by atoms with E-state index < -0.39 is 0 Å². The lowest BCUT2D eigenvalue weighted by molar-refractivity contribution is -0.659. The van der Waals surface area contributed by atoms with Gasteiger partial charge in [-0.05, 0) is 24.6 Å². The van der Waals surface area contributed by atoms with Crippen LogP contribution in [0.25, 0.3) is 4.96 Å². The fourth-order valence-electron chi connectivity index (χ4n) is 1.91. The van der Waals surface area contributed by atoms with Crippen LogP contribution in [0.15, 0.2) is 42.0 Å². The second kappa shape index (κ2) is 5.31. The number of halogens is 2. The molecule has 0 spiro atoms. The molecule has 3 rings (SSSR count). The van der Waals surface area contributed by atoms with E-state index in [2.05, 4.69) is 45.8 Å². The molecule has 0 aliphatic carbocycles. The Bertz CT molecular complexity index is 655. The Hall–Kier alpha value is -1.03. The van der Waals surface area contributed by atoms with Crippen molar-refractivity contribution in [2.24, 2.45) is 0 Å². The molecule has 0 N–H and O–H groups in total. The molecule has 0 unspecified atom stereocenters. The van der Waals surface area contributed by atoms with E-state index in [1.54, 1.807) is 11.3 Å². The molecule has 2 heterocycles.